The second-order valence-corrected chi connectivity index (χ2v) is 7.48. The summed E-state index contributed by atoms with van der Waals surface area (Å²) in [6, 6.07) is 19.1. The minimum Gasteiger partial charge on any atom is -0.483 e. The van der Waals surface area contributed by atoms with E-state index in [1.54, 1.807) is 13.0 Å². The zero-order valence-corrected chi connectivity index (χ0v) is 18.4. The highest BCUT2D eigenvalue weighted by molar-refractivity contribution is 9.10. The van der Waals surface area contributed by atoms with Crippen LogP contribution in [-0.2, 0) is 16.0 Å². The Balaban J connectivity index is 1.47. The first-order valence-electron chi connectivity index (χ1n) is 9.62. The molecule has 1 atom stereocenters. The topological polar surface area (TPSA) is 76.7 Å². The molecule has 0 aliphatic heterocycles. The van der Waals surface area contributed by atoms with Gasteiger partial charge in [0, 0.05) is 0 Å². The number of halogens is 1. The Bertz CT molecular complexity index is 1040. The van der Waals surface area contributed by atoms with Gasteiger partial charge >= 0.3 is 0 Å². The molecule has 2 amide bonds. The van der Waals surface area contributed by atoms with Crippen molar-refractivity contribution in [3.8, 4) is 11.5 Å². The number of nitrogens with one attached hydrogen (secondary N) is 2. The number of benzene rings is 3. The molecule has 0 aliphatic rings. The zero-order valence-electron chi connectivity index (χ0n) is 16.8. The first kappa shape index (κ1) is 21.6. The quantitative estimate of drug-likeness (QED) is 0.508. The average Bonchev–Trinajstić information content (AvgIpc) is 2.77. The number of fused-ring (bicyclic) bond motifs is 1. The Kier molecular flexibility index (Phi) is 7.30. The van der Waals surface area contributed by atoms with Gasteiger partial charge in [0.15, 0.2) is 12.7 Å². The van der Waals surface area contributed by atoms with Gasteiger partial charge in [-0.05, 0) is 63.8 Å². The van der Waals surface area contributed by atoms with Gasteiger partial charge in [0.25, 0.3) is 11.8 Å². The molecule has 3 aromatic rings. The van der Waals surface area contributed by atoms with Gasteiger partial charge in [0.2, 0.25) is 0 Å². The monoisotopic (exact) mass is 470 g/mol. The van der Waals surface area contributed by atoms with Crippen LogP contribution in [0.4, 0.5) is 0 Å². The lowest BCUT2D eigenvalue weighted by Crippen LogP contribution is -2.48. The molecule has 6 nitrogen and oxygen atoms in total. The van der Waals surface area contributed by atoms with Gasteiger partial charge < -0.3 is 9.47 Å². The van der Waals surface area contributed by atoms with Gasteiger partial charge in [-0.1, -0.05) is 49.4 Å². The summed E-state index contributed by atoms with van der Waals surface area (Å²) in [4.78, 5) is 24.2. The highest BCUT2D eigenvalue weighted by Gasteiger charge is 2.16. The second-order valence-electron chi connectivity index (χ2n) is 6.68. The van der Waals surface area contributed by atoms with Gasteiger partial charge in [-0.2, -0.15) is 0 Å². The molecular weight excluding hydrogens is 448 g/mol. The van der Waals surface area contributed by atoms with Crippen molar-refractivity contribution in [2.75, 3.05) is 6.61 Å². The van der Waals surface area contributed by atoms with E-state index in [1.807, 2.05) is 54.6 Å². The third-order valence-corrected chi connectivity index (χ3v) is 5.34. The summed E-state index contributed by atoms with van der Waals surface area (Å²) < 4.78 is 11.9. The van der Waals surface area contributed by atoms with Gasteiger partial charge in [0.1, 0.15) is 11.5 Å². The summed E-state index contributed by atoms with van der Waals surface area (Å²) in [6.45, 7) is 3.43. The lowest BCUT2D eigenvalue weighted by Gasteiger charge is -2.16. The molecule has 0 heterocycles. The summed E-state index contributed by atoms with van der Waals surface area (Å²) in [6.07, 6.45) is 0.161. The van der Waals surface area contributed by atoms with E-state index in [2.05, 4.69) is 33.7 Å². The fraction of sp³-hybridized carbons (Fsp3) is 0.217. The maximum Gasteiger partial charge on any atom is 0.279 e. The summed E-state index contributed by atoms with van der Waals surface area (Å²) in [7, 11) is 0. The number of hydrazine groups is 1. The fourth-order valence-electron chi connectivity index (χ4n) is 2.80. The van der Waals surface area contributed by atoms with Gasteiger partial charge in [0.05, 0.1) is 4.47 Å². The maximum absolute atomic E-state index is 12.2. The normalized spacial score (nSPS) is 11.6. The molecule has 0 saturated heterocycles. The first-order valence-corrected chi connectivity index (χ1v) is 10.4. The largest absolute Gasteiger partial charge is 0.483 e. The van der Waals surface area contributed by atoms with Crippen LogP contribution >= 0.6 is 15.9 Å². The standard InChI is InChI=1S/C23H23BrN2O4/c1-3-16-8-11-18(12-9-16)30-15(2)23(28)26-25-21(27)14-29-20-13-10-17-6-4-5-7-19(17)22(20)24/h4-13,15H,3,14H2,1-2H3,(H,25,27)(H,26,28). The summed E-state index contributed by atoms with van der Waals surface area (Å²) in [5.74, 6) is 0.186. The smallest absolute Gasteiger partial charge is 0.279 e. The Hall–Kier alpha value is -3.06. The van der Waals surface area contributed by atoms with Crippen LogP contribution in [0.15, 0.2) is 65.1 Å². The van der Waals surface area contributed by atoms with Crippen molar-refractivity contribution in [2.24, 2.45) is 0 Å². The van der Waals surface area contributed by atoms with E-state index in [9.17, 15) is 9.59 Å². The number of aryl methyl sites for hydroxylation is 1. The van der Waals surface area contributed by atoms with E-state index in [0.717, 1.165) is 21.7 Å². The number of carbonyl (C=O) groups is 2. The number of amides is 2. The predicted octanol–water partition coefficient (Wildman–Crippen LogP) is 4.16. The minimum atomic E-state index is -0.770. The van der Waals surface area contributed by atoms with Crippen LogP contribution in [0.1, 0.15) is 19.4 Å². The van der Waals surface area contributed by atoms with E-state index in [4.69, 9.17) is 9.47 Å². The molecule has 0 spiro atoms. The molecule has 156 valence electrons. The Morgan fingerprint density at radius 1 is 1.00 bits per heavy atom. The van der Waals surface area contributed by atoms with Crippen LogP contribution in [0.5, 0.6) is 11.5 Å². The average molecular weight is 471 g/mol. The van der Waals surface area contributed by atoms with Crippen molar-refractivity contribution >= 4 is 38.5 Å². The highest BCUT2D eigenvalue weighted by atomic mass is 79.9. The van der Waals surface area contributed by atoms with Gasteiger partial charge in [-0.15, -0.1) is 0 Å². The fourth-order valence-corrected chi connectivity index (χ4v) is 3.41. The molecule has 1 unspecified atom stereocenters. The van der Waals surface area contributed by atoms with E-state index in [0.29, 0.717) is 11.5 Å². The molecule has 0 fully saturated rings. The minimum absolute atomic E-state index is 0.245. The molecule has 0 aromatic heterocycles. The van der Waals surface area contributed by atoms with E-state index >= 15 is 0 Å². The van der Waals surface area contributed by atoms with Crippen LogP contribution < -0.4 is 20.3 Å². The lowest BCUT2D eigenvalue weighted by atomic mass is 10.1. The molecule has 0 radical (unpaired) electrons. The Morgan fingerprint density at radius 3 is 2.47 bits per heavy atom. The van der Waals surface area contributed by atoms with Crippen LogP contribution in [0, 0.1) is 0 Å². The van der Waals surface area contributed by atoms with E-state index in [-0.39, 0.29) is 6.61 Å². The van der Waals surface area contributed by atoms with Crippen LogP contribution in [0.25, 0.3) is 10.8 Å². The molecule has 0 saturated carbocycles. The highest BCUT2D eigenvalue weighted by Crippen LogP contribution is 2.32. The van der Waals surface area contributed by atoms with Crippen molar-refractivity contribution in [3.05, 3.63) is 70.7 Å². The Morgan fingerprint density at radius 2 is 1.73 bits per heavy atom. The predicted molar refractivity (Wildman–Crippen MR) is 119 cm³/mol. The molecule has 3 aromatic carbocycles. The number of ether oxygens (including phenoxy) is 2. The molecule has 2 N–H and O–H groups in total. The van der Waals surface area contributed by atoms with Crippen molar-refractivity contribution in [1.82, 2.24) is 10.9 Å². The molecule has 0 aliphatic carbocycles. The third kappa shape index (κ3) is 5.51. The SMILES string of the molecule is CCc1ccc(OC(C)C(=O)NNC(=O)COc2ccc3ccccc3c2Br)cc1. The van der Waals surface area contributed by atoms with Crippen molar-refractivity contribution in [2.45, 2.75) is 26.4 Å². The van der Waals surface area contributed by atoms with Crippen molar-refractivity contribution < 1.29 is 19.1 Å². The van der Waals surface area contributed by atoms with Crippen LogP contribution in [-0.4, -0.2) is 24.5 Å². The maximum atomic E-state index is 12.2. The van der Waals surface area contributed by atoms with Crippen LogP contribution in [0.3, 0.4) is 0 Å². The second kappa shape index (κ2) is 10.1. The molecule has 7 heteroatoms. The molecule has 0 bridgehead atoms. The molecule has 30 heavy (non-hydrogen) atoms. The zero-order chi connectivity index (χ0) is 21.5. The number of hydrogen-bond acceptors (Lipinski definition) is 4. The third-order valence-electron chi connectivity index (χ3n) is 4.53. The van der Waals surface area contributed by atoms with E-state index in [1.165, 1.54) is 5.56 Å². The molecule has 3 rings (SSSR count). The summed E-state index contributed by atoms with van der Waals surface area (Å²) in [5.41, 5.74) is 5.87. The lowest BCUT2D eigenvalue weighted by molar-refractivity contribution is -0.133. The number of carbonyl (C=O) groups excluding carboxylic acids is 2. The van der Waals surface area contributed by atoms with Gasteiger partial charge in [-0.3, -0.25) is 20.4 Å². The van der Waals surface area contributed by atoms with Crippen LogP contribution in [0.2, 0.25) is 0 Å². The van der Waals surface area contributed by atoms with Crippen molar-refractivity contribution in [1.29, 1.82) is 0 Å². The number of hydrogen-bond donors (Lipinski definition) is 2. The van der Waals surface area contributed by atoms with E-state index < -0.39 is 17.9 Å². The van der Waals surface area contributed by atoms with Crippen molar-refractivity contribution in [3.63, 3.8) is 0 Å². The summed E-state index contributed by atoms with van der Waals surface area (Å²) >= 11 is 3.51. The summed E-state index contributed by atoms with van der Waals surface area (Å²) in [5, 5.41) is 2.05. The number of rotatable bonds is 7. The first-order chi connectivity index (χ1) is 14.5. The molecular formula is C23H23BrN2O4. The van der Waals surface area contributed by atoms with Gasteiger partial charge in [-0.25, -0.2) is 0 Å². The Labute approximate surface area is 183 Å².